The van der Waals surface area contributed by atoms with Crippen LogP contribution in [0.1, 0.15) is 16.8 Å². The van der Waals surface area contributed by atoms with E-state index in [1.165, 1.54) is 36.3 Å². The molecule has 0 bridgehead atoms. The second-order valence-electron chi connectivity index (χ2n) is 5.89. The summed E-state index contributed by atoms with van der Waals surface area (Å²) in [6, 6.07) is 5.41. The van der Waals surface area contributed by atoms with Gasteiger partial charge in [0, 0.05) is 43.2 Å². The lowest BCUT2D eigenvalue weighted by Crippen LogP contribution is -2.43. The minimum atomic E-state index is -2.97. The molecule has 3 rings (SSSR count). The van der Waals surface area contributed by atoms with Gasteiger partial charge < -0.3 is 19.7 Å². The molecule has 0 unspecified atom stereocenters. The zero-order valence-electron chi connectivity index (χ0n) is 14.5. The van der Waals surface area contributed by atoms with E-state index in [-0.39, 0.29) is 30.4 Å². The Bertz CT molecular complexity index is 887. The largest absolute Gasteiger partial charge is 0.497 e. The molecule has 0 fully saturated rings. The molecule has 1 aliphatic heterocycles. The number of ether oxygens (including phenoxy) is 2. The Morgan fingerprint density at radius 2 is 2.22 bits per heavy atom. The molecule has 1 aliphatic rings. The lowest BCUT2D eigenvalue weighted by atomic mass is 10.1. The van der Waals surface area contributed by atoms with Gasteiger partial charge in [-0.3, -0.25) is 4.79 Å². The van der Waals surface area contributed by atoms with Crippen molar-refractivity contribution in [2.24, 2.45) is 0 Å². The number of aromatic nitrogens is 2. The van der Waals surface area contributed by atoms with Gasteiger partial charge in [-0.2, -0.15) is 13.9 Å². The summed E-state index contributed by atoms with van der Waals surface area (Å²) in [6.45, 7) is -2.32. The summed E-state index contributed by atoms with van der Waals surface area (Å²) in [5, 5.41) is 9.02. The molecule has 1 aromatic carbocycles. The van der Waals surface area contributed by atoms with Gasteiger partial charge in [-0.1, -0.05) is 0 Å². The van der Waals surface area contributed by atoms with E-state index < -0.39 is 6.61 Å². The SMILES string of the molecule is COc1ccc(OC(F)F)c(CNC(=O)N2CCc3n[nH]c(=O)cc3C2)c1. The van der Waals surface area contributed by atoms with Crippen LogP contribution in [0.2, 0.25) is 0 Å². The maximum atomic E-state index is 12.6. The lowest BCUT2D eigenvalue weighted by molar-refractivity contribution is -0.0505. The second-order valence-corrected chi connectivity index (χ2v) is 5.89. The number of aromatic amines is 1. The molecule has 144 valence electrons. The Kier molecular flexibility index (Phi) is 5.53. The standard InChI is InChI=1S/C17H18F2N4O4/c1-26-12-2-3-14(27-16(18)19)10(6-12)8-20-17(25)23-5-4-13-11(9-23)7-15(24)22-21-13/h2-3,6-7,16H,4-5,8-9H2,1H3,(H,20,25)(H,22,24). The summed E-state index contributed by atoms with van der Waals surface area (Å²) in [4.78, 5) is 25.4. The van der Waals surface area contributed by atoms with Gasteiger partial charge in [0.15, 0.2) is 0 Å². The first-order valence-corrected chi connectivity index (χ1v) is 8.18. The van der Waals surface area contributed by atoms with E-state index in [1.807, 2.05) is 0 Å². The van der Waals surface area contributed by atoms with Gasteiger partial charge in [-0.25, -0.2) is 9.89 Å². The van der Waals surface area contributed by atoms with Gasteiger partial charge in [0.25, 0.3) is 5.56 Å². The molecule has 8 nitrogen and oxygen atoms in total. The van der Waals surface area contributed by atoms with Crippen LogP contribution in [-0.4, -0.2) is 41.4 Å². The first kappa shape index (κ1) is 18.6. The Morgan fingerprint density at radius 3 is 2.96 bits per heavy atom. The van der Waals surface area contributed by atoms with Crippen molar-refractivity contribution in [1.29, 1.82) is 0 Å². The Labute approximate surface area is 153 Å². The Hall–Kier alpha value is -3.17. The highest BCUT2D eigenvalue weighted by atomic mass is 19.3. The average molecular weight is 380 g/mol. The van der Waals surface area contributed by atoms with Crippen molar-refractivity contribution in [3.05, 3.63) is 51.4 Å². The third-order valence-corrected chi connectivity index (χ3v) is 4.16. The fourth-order valence-corrected chi connectivity index (χ4v) is 2.83. The van der Waals surface area contributed by atoms with Crippen LogP contribution in [-0.2, 0) is 19.5 Å². The van der Waals surface area contributed by atoms with Gasteiger partial charge in [-0.15, -0.1) is 0 Å². The fourth-order valence-electron chi connectivity index (χ4n) is 2.83. The Balaban J connectivity index is 1.68. The molecule has 0 aliphatic carbocycles. The van der Waals surface area contributed by atoms with Gasteiger partial charge in [0.05, 0.1) is 12.8 Å². The van der Waals surface area contributed by atoms with Crippen molar-refractivity contribution in [1.82, 2.24) is 20.4 Å². The van der Waals surface area contributed by atoms with Crippen LogP contribution in [0.25, 0.3) is 0 Å². The molecule has 0 saturated heterocycles. The van der Waals surface area contributed by atoms with E-state index in [2.05, 4.69) is 20.3 Å². The molecule has 0 spiro atoms. The summed E-state index contributed by atoms with van der Waals surface area (Å²) >= 11 is 0. The fraction of sp³-hybridized carbons (Fsp3) is 0.353. The predicted molar refractivity (Wildman–Crippen MR) is 90.8 cm³/mol. The number of nitrogens with zero attached hydrogens (tertiary/aromatic N) is 2. The van der Waals surface area contributed by atoms with Gasteiger partial charge in [0.1, 0.15) is 11.5 Å². The van der Waals surface area contributed by atoms with E-state index in [1.54, 1.807) is 0 Å². The number of H-pyrrole nitrogens is 1. The molecular formula is C17H18F2N4O4. The molecule has 1 aromatic heterocycles. The lowest BCUT2D eigenvalue weighted by Gasteiger charge is -2.28. The second kappa shape index (κ2) is 8.02. The minimum Gasteiger partial charge on any atom is -0.497 e. The van der Waals surface area contributed by atoms with Crippen molar-refractivity contribution in [2.45, 2.75) is 26.1 Å². The number of carbonyl (C=O) groups is 1. The highest BCUT2D eigenvalue weighted by molar-refractivity contribution is 5.74. The van der Waals surface area contributed by atoms with Crippen molar-refractivity contribution in [3.8, 4) is 11.5 Å². The minimum absolute atomic E-state index is 0.0188. The molecule has 0 radical (unpaired) electrons. The van der Waals surface area contributed by atoms with E-state index >= 15 is 0 Å². The molecule has 0 saturated carbocycles. The van der Waals surface area contributed by atoms with Crippen LogP contribution in [0.3, 0.4) is 0 Å². The zero-order valence-corrected chi connectivity index (χ0v) is 14.5. The first-order chi connectivity index (χ1) is 13.0. The van der Waals surface area contributed by atoms with Crippen LogP contribution in [0.5, 0.6) is 11.5 Å². The maximum Gasteiger partial charge on any atom is 0.387 e. The summed E-state index contributed by atoms with van der Waals surface area (Å²) in [5.74, 6) is 0.420. The molecule has 0 atom stereocenters. The summed E-state index contributed by atoms with van der Waals surface area (Å²) < 4.78 is 34.7. The molecule has 27 heavy (non-hydrogen) atoms. The number of hydrogen-bond donors (Lipinski definition) is 2. The maximum absolute atomic E-state index is 12.6. The molecule has 2 amide bonds. The Morgan fingerprint density at radius 1 is 1.41 bits per heavy atom. The number of alkyl halides is 2. The van der Waals surface area contributed by atoms with Gasteiger partial charge in [0.2, 0.25) is 0 Å². The number of amides is 2. The number of nitrogens with one attached hydrogen (secondary N) is 2. The number of methoxy groups -OCH3 is 1. The number of hydrogen-bond acceptors (Lipinski definition) is 5. The predicted octanol–water partition coefficient (Wildman–Crippen LogP) is 1.65. The third kappa shape index (κ3) is 4.52. The number of rotatable bonds is 5. The monoisotopic (exact) mass is 380 g/mol. The van der Waals surface area contributed by atoms with Crippen molar-refractivity contribution in [2.75, 3.05) is 13.7 Å². The molecule has 2 heterocycles. The van der Waals surface area contributed by atoms with Crippen LogP contribution in [0.4, 0.5) is 13.6 Å². The number of carbonyl (C=O) groups excluding carboxylic acids is 1. The highest BCUT2D eigenvalue weighted by Crippen LogP contribution is 2.26. The van der Waals surface area contributed by atoms with E-state index in [0.29, 0.717) is 29.8 Å². The summed E-state index contributed by atoms with van der Waals surface area (Å²) in [7, 11) is 1.45. The number of halogens is 2. The summed E-state index contributed by atoms with van der Waals surface area (Å²) in [5.41, 5.74) is 1.46. The smallest absolute Gasteiger partial charge is 0.387 e. The third-order valence-electron chi connectivity index (χ3n) is 4.16. The first-order valence-electron chi connectivity index (χ1n) is 8.18. The summed E-state index contributed by atoms with van der Waals surface area (Å²) in [6.07, 6.45) is 0.512. The van der Waals surface area contributed by atoms with Crippen LogP contribution < -0.4 is 20.3 Å². The van der Waals surface area contributed by atoms with Gasteiger partial charge >= 0.3 is 12.6 Å². The van der Waals surface area contributed by atoms with Gasteiger partial charge in [-0.05, 0) is 18.2 Å². The molecule has 2 N–H and O–H groups in total. The highest BCUT2D eigenvalue weighted by Gasteiger charge is 2.22. The van der Waals surface area contributed by atoms with Crippen LogP contribution in [0.15, 0.2) is 29.1 Å². The molecular weight excluding hydrogens is 362 g/mol. The number of benzene rings is 1. The van der Waals surface area contributed by atoms with E-state index in [0.717, 1.165) is 5.69 Å². The topological polar surface area (TPSA) is 96.6 Å². The van der Waals surface area contributed by atoms with E-state index in [4.69, 9.17) is 4.74 Å². The quantitative estimate of drug-likeness (QED) is 0.822. The normalized spacial score (nSPS) is 13.3. The van der Waals surface area contributed by atoms with Crippen molar-refractivity contribution < 1.29 is 23.0 Å². The van der Waals surface area contributed by atoms with E-state index in [9.17, 15) is 18.4 Å². The number of urea groups is 1. The van der Waals surface area contributed by atoms with Crippen LogP contribution >= 0.6 is 0 Å². The average Bonchev–Trinajstić information content (AvgIpc) is 2.65. The molecule has 10 heteroatoms. The van der Waals surface area contributed by atoms with Crippen LogP contribution in [0, 0.1) is 0 Å². The van der Waals surface area contributed by atoms with Crippen molar-refractivity contribution in [3.63, 3.8) is 0 Å². The zero-order chi connectivity index (χ0) is 19.4. The number of fused-ring (bicyclic) bond motifs is 1. The molecule has 2 aromatic rings. The van der Waals surface area contributed by atoms with Crippen molar-refractivity contribution >= 4 is 6.03 Å².